The number of nitrogens with zero attached hydrogens (tertiary/aromatic N) is 1. The van der Waals surface area contributed by atoms with Crippen LogP contribution >= 0.6 is 0 Å². The van der Waals surface area contributed by atoms with E-state index in [1.165, 1.54) is 30.9 Å². The van der Waals surface area contributed by atoms with Gasteiger partial charge in [-0.25, -0.2) is 0 Å². The van der Waals surface area contributed by atoms with Crippen LogP contribution in [0, 0.1) is 0 Å². The van der Waals surface area contributed by atoms with E-state index in [-0.39, 0.29) is 0 Å². The van der Waals surface area contributed by atoms with Crippen molar-refractivity contribution in [3.8, 4) is 0 Å². The second-order valence-corrected chi connectivity index (χ2v) is 2.64. The van der Waals surface area contributed by atoms with E-state index in [0.717, 1.165) is 0 Å². The molecule has 1 fully saturated rings. The summed E-state index contributed by atoms with van der Waals surface area (Å²) < 4.78 is 0. The van der Waals surface area contributed by atoms with Crippen LogP contribution in [0.4, 0.5) is 0 Å². The molecule has 0 aliphatic carbocycles. The van der Waals surface area contributed by atoms with E-state index in [0.29, 0.717) is 0 Å². The zero-order valence-corrected chi connectivity index (χ0v) is 5.78. The maximum absolute atomic E-state index is 2.44. The third kappa shape index (κ3) is 1.20. The molecule has 0 saturated carbocycles. The van der Waals surface area contributed by atoms with Crippen LogP contribution in [0.25, 0.3) is 0 Å². The van der Waals surface area contributed by atoms with Crippen LogP contribution in [0.3, 0.4) is 0 Å². The van der Waals surface area contributed by atoms with Gasteiger partial charge in [0.2, 0.25) is 0 Å². The molecule has 1 aliphatic rings. The molecule has 1 rings (SSSR count). The van der Waals surface area contributed by atoms with E-state index in [9.17, 15) is 0 Å². The highest BCUT2D eigenvalue weighted by Crippen LogP contribution is 1.99. The maximum atomic E-state index is 2.44. The zero-order chi connectivity index (χ0) is 5.98. The molecule has 1 N–H and O–H groups in total. The average molecular weight is 115 g/mol. The second-order valence-electron chi connectivity index (χ2n) is 2.64. The van der Waals surface area contributed by atoms with E-state index in [2.05, 4.69) is 19.1 Å². The highest BCUT2D eigenvalue weighted by molar-refractivity contribution is 4.55. The van der Waals surface area contributed by atoms with E-state index in [4.69, 9.17) is 0 Å². The standard InChI is InChI=1S/C6H14N2/c1-7(2)8-5-3-4-6-8/h3-6H2,1-2H3/p+1. The van der Waals surface area contributed by atoms with Gasteiger partial charge in [0.25, 0.3) is 0 Å². The monoisotopic (exact) mass is 115 g/mol. The minimum Gasteiger partial charge on any atom is -0.260 e. The summed E-state index contributed by atoms with van der Waals surface area (Å²) in [6.45, 7) is 2.59. The Morgan fingerprint density at radius 3 is 1.88 bits per heavy atom. The first-order valence-electron chi connectivity index (χ1n) is 3.36. The average Bonchev–Trinajstić information content (AvgIpc) is 2.12. The summed E-state index contributed by atoms with van der Waals surface area (Å²) in [5.41, 5.74) is 0. The molecule has 1 heterocycles. The summed E-state index contributed by atoms with van der Waals surface area (Å²) >= 11 is 0. The first kappa shape index (κ1) is 6.05. The van der Waals surface area contributed by atoms with E-state index in [1.807, 2.05) is 0 Å². The summed E-state index contributed by atoms with van der Waals surface area (Å²) in [5.74, 6) is 0. The smallest absolute Gasteiger partial charge is 0.0841 e. The first-order chi connectivity index (χ1) is 3.80. The van der Waals surface area contributed by atoms with Gasteiger partial charge in [-0.1, -0.05) is 0 Å². The van der Waals surface area contributed by atoms with E-state index >= 15 is 0 Å². The van der Waals surface area contributed by atoms with Gasteiger partial charge in [-0.3, -0.25) is 5.01 Å². The molecule has 2 nitrogen and oxygen atoms in total. The molecule has 0 bridgehead atoms. The molecule has 0 aromatic heterocycles. The third-order valence-electron chi connectivity index (χ3n) is 1.74. The molecule has 0 aromatic rings. The Bertz CT molecular complexity index is 64.9. The van der Waals surface area contributed by atoms with Gasteiger partial charge in [0.15, 0.2) is 0 Å². The fourth-order valence-electron chi connectivity index (χ4n) is 1.16. The lowest BCUT2D eigenvalue weighted by Crippen LogP contribution is -3.12. The van der Waals surface area contributed by atoms with Crippen LogP contribution in [-0.4, -0.2) is 32.2 Å². The Balaban J connectivity index is 2.24. The molecule has 0 unspecified atom stereocenters. The van der Waals surface area contributed by atoms with Crippen molar-refractivity contribution in [2.45, 2.75) is 12.8 Å². The molecular weight excluding hydrogens is 100 g/mol. The number of quaternary nitrogens is 1. The third-order valence-corrected chi connectivity index (χ3v) is 1.74. The largest absolute Gasteiger partial charge is 0.260 e. The van der Waals surface area contributed by atoms with Crippen molar-refractivity contribution in [2.75, 3.05) is 27.2 Å². The fraction of sp³-hybridized carbons (Fsp3) is 1.00. The number of hydrogen-bond acceptors (Lipinski definition) is 1. The van der Waals surface area contributed by atoms with Gasteiger partial charge in [-0.2, -0.15) is 5.01 Å². The lowest BCUT2D eigenvalue weighted by atomic mass is 10.4. The minimum absolute atomic E-state index is 1.29. The van der Waals surface area contributed by atoms with Crippen LogP contribution < -0.4 is 5.01 Å². The summed E-state index contributed by atoms with van der Waals surface area (Å²) in [5, 5.41) is 3.92. The predicted molar refractivity (Wildman–Crippen MR) is 33.6 cm³/mol. The van der Waals surface area contributed by atoms with Gasteiger partial charge in [0.05, 0.1) is 14.1 Å². The predicted octanol–water partition coefficient (Wildman–Crippen LogP) is -0.858. The Hall–Kier alpha value is -0.0800. The summed E-state index contributed by atoms with van der Waals surface area (Å²) in [7, 11) is 4.37. The number of nitrogens with one attached hydrogen (secondary N) is 1. The van der Waals surface area contributed by atoms with Gasteiger partial charge in [0, 0.05) is 13.1 Å². The molecule has 8 heavy (non-hydrogen) atoms. The maximum Gasteiger partial charge on any atom is 0.0841 e. The summed E-state index contributed by atoms with van der Waals surface area (Å²) in [6.07, 6.45) is 2.79. The molecule has 1 aliphatic heterocycles. The normalized spacial score (nSPS) is 22.9. The molecule has 0 amide bonds. The van der Waals surface area contributed by atoms with Crippen molar-refractivity contribution in [3.05, 3.63) is 0 Å². The molecule has 0 radical (unpaired) electrons. The number of hydrogen-bond donors (Lipinski definition) is 1. The van der Waals surface area contributed by atoms with Crippen LogP contribution in [0.15, 0.2) is 0 Å². The Labute approximate surface area is 51.0 Å². The molecule has 0 aromatic carbocycles. The van der Waals surface area contributed by atoms with Crippen LogP contribution in [0.5, 0.6) is 0 Å². The van der Waals surface area contributed by atoms with Crippen molar-refractivity contribution in [2.24, 2.45) is 0 Å². The fourth-order valence-corrected chi connectivity index (χ4v) is 1.16. The highest BCUT2D eigenvalue weighted by atomic mass is 15.6. The van der Waals surface area contributed by atoms with Crippen molar-refractivity contribution in [3.63, 3.8) is 0 Å². The first-order valence-corrected chi connectivity index (χ1v) is 3.36. The second kappa shape index (κ2) is 2.46. The van der Waals surface area contributed by atoms with Crippen LogP contribution in [-0.2, 0) is 0 Å². The molecule has 0 spiro atoms. The van der Waals surface area contributed by atoms with Gasteiger partial charge in [0.1, 0.15) is 0 Å². The Morgan fingerprint density at radius 2 is 1.62 bits per heavy atom. The summed E-state index contributed by atoms with van der Waals surface area (Å²) in [6, 6.07) is 0. The molecule has 0 atom stereocenters. The van der Waals surface area contributed by atoms with E-state index < -0.39 is 0 Å². The van der Waals surface area contributed by atoms with Crippen molar-refractivity contribution in [1.29, 1.82) is 0 Å². The topological polar surface area (TPSA) is 7.68 Å². The molecule has 2 heteroatoms. The van der Waals surface area contributed by atoms with Crippen LogP contribution in [0.2, 0.25) is 0 Å². The Morgan fingerprint density at radius 1 is 1.12 bits per heavy atom. The van der Waals surface area contributed by atoms with Crippen LogP contribution in [0.1, 0.15) is 12.8 Å². The van der Waals surface area contributed by atoms with Crippen molar-refractivity contribution >= 4 is 0 Å². The lowest BCUT2D eigenvalue weighted by molar-refractivity contribution is -0.980. The summed E-state index contributed by atoms with van der Waals surface area (Å²) in [4.78, 5) is 0. The molecular formula is C6H15N2+. The molecule has 1 saturated heterocycles. The van der Waals surface area contributed by atoms with Crippen molar-refractivity contribution in [1.82, 2.24) is 5.01 Å². The van der Waals surface area contributed by atoms with Crippen molar-refractivity contribution < 1.29 is 5.01 Å². The van der Waals surface area contributed by atoms with Gasteiger partial charge in [-0.15, -0.1) is 0 Å². The number of rotatable bonds is 1. The van der Waals surface area contributed by atoms with E-state index in [1.54, 1.807) is 0 Å². The SMILES string of the molecule is C[NH+](C)N1CCCC1. The Kier molecular flexibility index (Phi) is 1.86. The minimum atomic E-state index is 1.29. The molecule has 48 valence electrons. The lowest BCUT2D eigenvalue weighted by Gasteiger charge is -2.18. The quantitative estimate of drug-likeness (QED) is 0.467. The van der Waals surface area contributed by atoms with Gasteiger partial charge < -0.3 is 0 Å². The zero-order valence-electron chi connectivity index (χ0n) is 5.78. The van der Waals surface area contributed by atoms with Gasteiger partial charge >= 0.3 is 0 Å². The van der Waals surface area contributed by atoms with Gasteiger partial charge in [-0.05, 0) is 12.8 Å². The highest BCUT2D eigenvalue weighted by Gasteiger charge is 2.15.